The summed E-state index contributed by atoms with van der Waals surface area (Å²) < 4.78 is 0. The first-order chi connectivity index (χ1) is 7.24. The molecule has 1 aliphatic rings. The Kier molecular flexibility index (Phi) is 5.96. The average molecular weight is 211 g/mol. The fourth-order valence-electron chi connectivity index (χ4n) is 2.47. The quantitative estimate of drug-likeness (QED) is 0.683. The van der Waals surface area contributed by atoms with Crippen LogP contribution in [-0.2, 0) is 0 Å². The van der Waals surface area contributed by atoms with Gasteiger partial charge in [0.25, 0.3) is 0 Å². The summed E-state index contributed by atoms with van der Waals surface area (Å²) in [5.41, 5.74) is 0. The van der Waals surface area contributed by atoms with E-state index in [4.69, 9.17) is 0 Å². The van der Waals surface area contributed by atoms with Crippen LogP contribution in [0.2, 0.25) is 0 Å². The zero-order valence-electron chi connectivity index (χ0n) is 9.99. The van der Waals surface area contributed by atoms with E-state index in [1.165, 1.54) is 32.1 Å². The molecule has 0 aromatic heterocycles. The van der Waals surface area contributed by atoms with Gasteiger partial charge >= 0.3 is 0 Å². The minimum absolute atomic E-state index is 0.211. The van der Waals surface area contributed by atoms with Crippen LogP contribution in [0.4, 0.5) is 0 Å². The lowest BCUT2D eigenvalue weighted by atomic mass is 9.94. The average Bonchev–Trinajstić information content (AvgIpc) is 2.25. The van der Waals surface area contributed by atoms with Crippen molar-refractivity contribution in [3.05, 3.63) is 12.7 Å². The van der Waals surface area contributed by atoms with Crippen molar-refractivity contribution >= 4 is 0 Å². The third kappa shape index (κ3) is 4.80. The molecule has 1 fully saturated rings. The number of hydrogen-bond donors (Lipinski definition) is 1. The van der Waals surface area contributed by atoms with Crippen molar-refractivity contribution in [2.75, 3.05) is 13.1 Å². The minimum Gasteiger partial charge on any atom is -0.392 e. The highest BCUT2D eigenvalue weighted by Gasteiger charge is 2.21. The van der Waals surface area contributed by atoms with Crippen LogP contribution >= 0.6 is 0 Å². The largest absolute Gasteiger partial charge is 0.392 e. The van der Waals surface area contributed by atoms with Crippen molar-refractivity contribution in [2.24, 2.45) is 0 Å². The van der Waals surface area contributed by atoms with Gasteiger partial charge in [-0.15, -0.1) is 6.58 Å². The Balaban J connectivity index is 2.41. The fraction of sp³-hybridized carbons (Fsp3) is 0.846. The first-order valence-electron chi connectivity index (χ1n) is 6.27. The Morgan fingerprint density at radius 3 is 2.60 bits per heavy atom. The van der Waals surface area contributed by atoms with Gasteiger partial charge in [-0.3, -0.25) is 4.90 Å². The zero-order chi connectivity index (χ0) is 11.1. The number of aliphatic hydroxyl groups excluding tert-OH is 1. The van der Waals surface area contributed by atoms with Gasteiger partial charge in [0.05, 0.1) is 6.10 Å². The lowest BCUT2D eigenvalue weighted by Crippen LogP contribution is -2.41. The van der Waals surface area contributed by atoms with E-state index in [0.29, 0.717) is 6.04 Å². The first-order valence-corrected chi connectivity index (χ1v) is 6.27. The molecule has 1 unspecified atom stereocenters. The lowest BCUT2D eigenvalue weighted by molar-refractivity contribution is 0.0838. The van der Waals surface area contributed by atoms with Gasteiger partial charge in [0, 0.05) is 19.1 Å². The maximum Gasteiger partial charge on any atom is 0.0639 e. The molecule has 0 radical (unpaired) electrons. The maximum absolute atomic E-state index is 9.49. The molecule has 0 spiro atoms. The highest BCUT2D eigenvalue weighted by atomic mass is 16.3. The molecule has 0 aliphatic heterocycles. The molecular weight excluding hydrogens is 186 g/mol. The SMILES string of the molecule is C=CCCN(CC(C)O)C1CCCCC1. The molecule has 0 aromatic carbocycles. The van der Waals surface area contributed by atoms with Gasteiger partial charge in [-0.2, -0.15) is 0 Å². The van der Waals surface area contributed by atoms with Crippen molar-refractivity contribution in [3.63, 3.8) is 0 Å². The maximum atomic E-state index is 9.49. The Morgan fingerprint density at radius 2 is 2.07 bits per heavy atom. The van der Waals surface area contributed by atoms with Crippen LogP contribution in [0.3, 0.4) is 0 Å². The molecule has 1 N–H and O–H groups in total. The zero-order valence-corrected chi connectivity index (χ0v) is 9.99. The van der Waals surface area contributed by atoms with Crippen LogP contribution in [0.5, 0.6) is 0 Å². The standard InChI is InChI=1S/C13H25NO/c1-3-4-10-14(11-12(2)15)13-8-6-5-7-9-13/h3,12-13,15H,1,4-11H2,2H3. The predicted molar refractivity (Wildman–Crippen MR) is 64.9 cm³/mol. The van der Waals surface area contributed by atoms with Gasteiger partial charge in [0.1, 0.15) is 0 Å². The Morgan fingerprint density at radius 1 is 1.40 bits per heavy atom. The molecule has 0 saturated heterocycles. The van der Waals surface area contributed by atoms with Gasteiger partial charge in [-0.1, -0.05) is 25.3 Å². The molecular formula is C13H25NO. The van der Waals surface area contributed by atoms with Gasteiger partial charge in [-0.25, -0.2) is 0 Å². The van der Waals surface area contributed by atoms with E-state index < -0.39 is 0 Å². The van der Waals surface area contributed by atoms with Gasteiger partial charge < -0.3 is 5.11 Å². The van der Waals surface area contributed by atoms with E-state index >= 15 is 0 Å². The number of aliphatic hydroxyl groups is 1. The van der Waals surface area contributed by atoms with Crippen molar-refractivity contribution in [2.45, 2.75) is 57.6 Å². The third-order valence-corrected chi connectivity index (χ3v) is 3.21. The summed E-state index contributed by atoms with van der Waals surface area (Å²) in [7, 11) is 0. The van der Waals surface area contributed by atoms with E-state index in [-0.39, 0.29) is 6.10 Å². The van der Waals surface area contributed by atoms with Gasteiger partial charge in [-0.05, 0) is 26.2 Å². The summed E-state index contributed by atoms with van der Waals surface area (Å²) >= 11 is 0. The second kappa shape index (κ2) is 7.02. The summed E-state index contributed by atoms with van der Waals surface area (Å²) in [4.78, 5) is 2.45. The predicted octanol–water partition coefficient (Wildman–Crippen LogP) is 2.58. The lowest BCUT2D eigenvalue weighted by Gasteiger charge is -2.34. The molecule has 1 aliphatic carbocycles. The van der Waals surface area contributed by atoms with Gasteiger partial charge in [0.15, 0.2) is 0 Å². The second-order valence-electron chi connectivity index (χ2n) is 4.71. The molecule has 88 valence electrons. The summed E-state index contributed by atoms with van der Waals surface area (Å²) in [6.07, 6.45) is 9.51. The van der Waals surface area contributed by atoms with Crippen LogP contribution in [0.25, 0.3) is 0 Å². The summed E-state index contributed by atoms with van der Waals surface area (Å²) in [5.74, 6) is 0. The minimum atomic E-state index is -0.211. The van der Waals surface area contributed by atoms with Crippen molar-refractivity contribution in [1.29, 1.82) is 0 Å². The third-order valence-electron chi connectivity index (χ3n) is 3.21. The van der Waals surface area contributed by atoms with E-state index in [0.717, 1.165) is 19.5 Å². The molecule has 1 saturated carbocycles. The van der Waals surface area contributed by atoms with Crippen molar-refractivity contribution < 1.29 is 5.11 Å². The van der Waals surface area contributed by atoms with E-state index in [1.54, 1.807) is 0 Å². The van der Waals surface area contributed by atoms with Gasteiger partial charge in [0.2, 0.25) is 0 Å². The topological polar surface area (TPSA) is 23.5 Å². The molecule has 15 heavy (non-hydrogen) atoms. The number of hydrogen-bond acceptors (Lipinski definition) is 2. The summed E-state index contributed by atoms with van der Waals surface area (Å²) in [5, 5.41) is 9.49. The van der Waals surface area contributed by atoms with Crippen molar-refractivity contribution in [1.82, 2.24) is 4.90 Å². The van der Waals surface area contributed by atoms with E-state index in [1.807, 2.05) is 13.0 Å². The summed E-state index contributed by atoms with van der Waals surface area (Å²) in [6, 6.07) is 0.702. The fourth-order valence-corrected chi connectivity index (χ4v) is 2.47. The molecule has 1 rings (SSSR count). The molecule has 2 heteroatoms. The smallest absolute Gasteiger partial charge is 0.0639 e. The van der Waals surface area contributed by atoms with E-state index in [2.05, 4.69) is 11.5 Å². The van der Waals surface area contributed by atoms with Crippen LogP contribution in [0, 0.1) is 0 Å². The van der Waals surface area contributed by atoms with Crippen molar-refractivity contribution in [3.8, 4) is 0 Å². The number of rotatable bonds is 6. The molecule has 0 amide bonds. The molecule has 1 atom stereocenters. The van der Waals surface area contributed by atoms with Crippen LogP contribution in [0.1, 0.15) is 45.4 Å². The van der Waals surface area contributed by atoms with Crippen LogP contribution in [-0.4, -0.2) is 35.2 Å². The monoisotopic (exact) mass is 211 g/mol. The van der Waals surface area contributed by atoms with Crippen LogP contribution in [0.15, 0.2) is 12.7 Å². The highest BCUT2D eigenvalue weighted by molar-refractivity contribution is 4.79. The highest BCUT2D eigenvalue weighted by Crippen LogP contribution is 2.22. The second-order valence-corrected chi connectivity index (χ2v) is 4.71. The molecule has 0 bridgehead atoms. The van der Waals surface area contributed by atoms with Crippen LogP contribution < -0.4 is 0 Å². The Bertz CT molecular complexity index is 173. The molecule has 0 aromatic rings. The molecule has 2 nitrogen and oxygen atoms in total. The molecule has 0 heterocycles. The number of nitrogens with zero attached hydrogens (tertiary/aromatic N) is 1. The Labute approximate surface area is 94.0 Å². The first kappa shape index (κ1) is 12.7. The van der Waals surface area contributed by atoms with E-state index in [9.17, 15) is 5.11 Å². The summed E-state index contributed by atoms with van der Waals surface area (Å²) in [6.45, 7) is 7.52. The Hall–Kier alpha value is -0.340. The normalized spacial score (nSPS) is 20.5.